The van der Waals surface area contributed by atoms with Crippen LogP contribution in [-0.4, -0.2) is 4.98 Å². The normalized spacial score (nSPS) is 10.8. The number of pyridine rings is 1. The SMILES string of the molecule is CCc1ccc(Oc2cc(C)nc3ccccc23)c(N)c1. The molecule has 0 amide bonds. The number of aromatic nitrogens is 1. The minimum atomic E-state index is 0.660. The first-order valence-corrected chi connectivity index (χ1v) is 7.10. The molecule has 0 spiro atoms. The molecule has 0 aliphatic rings. The number of hydrogen-bond donors (Lipinski definition) is 1. The summed E-state index contributed by atoms with van der Waals surface area (Å²) in [5.41, 5.74) is 9.80. The molecule has 0 aliphatic carbocycles. The number of nitrogens with zero attached hydrogens (tertiary/aromatic N) is 1. The first kappa shape index (κ1) is 13.4. The number of rotatable bonds is 3. The molecule has 3 heteroatoms. The standard InChI is InChI=1S/C18H18N2O/c1-3-13-8-9-17(15(19)11-13)21-18-10-12(2)20-16-7-5-4-6-14(16)18/h4-11H,3,19H2,1-2H3. The Morgan fingerprint density at radius 2 is 1.86 bits per heavy atom. The molecule has 0 fully saturated rings. The van der Waals surface area contributed by atoms with Gasteiger partial charge in [-0.25, -0.2) is 0 Å². The van der Waals surface area contributed by atoms with Gasteiger partial charge in [-0.05, 0) is 43.2 Å². The van der Waals surface area contributed by atoms with E-state index in [9.17, 15) is 0 Å². The van der Waals surface area contributed by atoms with Gasteiger partial charge in [0.25, 0.3) is 0 Å². The molecular formula is C18H18N2O. The number of nitrogens with two attached hydrogens (primary N) is 1. The molecule has 0 aliphatic heterocycles. The van der Waals surface area contributed by atoms with Crippen molar-refractivity contribution in [2.75, 3.05) is 5.73 Å². The van der Waals surface area contributed by atoms with Gasteiger partial charge in [0.05, 0.1) is 11.2 Å². The highest BCUT2D eigenvalue weighted by atomic mass is 16.5. The van der Waals surface area contributed by atoms with Crippen molar-refractivity contribution in [3.05, 3.63) is 59.8 Å². The molecule has 0 saturated carbocycles. The quantitative estimate of drug-likeness (QED) is 0.718. The lowest BCUT2D eigenvalue weighted by Crippen LogP contribution is -1.95. The van der Waals surface area contributed by atoms with Crippen molar-refractivity contribution in [3.8, 4) is 11.5 Å². The second-order valence-electron chi connectivity index (χ2n) is 5.11. The number of nitrogen functional groups attached to an aromatic ring is 1. The lowest BCUT2D eigenvalue weighted by atomic mass is 10.1. The smallest absolute Gasteiger partial charge is 0.150 e. The van der Waals surface area contributed by atoms with E-state index >= 15 is 0 Å². The minimum Gasteiger partial charge on any atom is -0.454 e. The third kappa shape index (κ3) is 2.68. The zero-order valence-corrected chi connectivity index (χ0v) is 12.3. The molecule has 21 heavy (non-hydrogen) atoms. The van der Waals surface area contributed by atoms with Crippen molar-refractivity contribution in [1.82, 2.24) is 4.98 Å². The molecule has 0 atom stereocenters. The van der Waals surface area contributed by atoms with Crippen molar-refractivity contribution in [3.63, 3.8) is 0 Å². The molecule has 3 rings (SSSR count). The molecule has 2 N–H and O–H groups in total. The largest absolute Gasteiger partial charge is 0.454 e. The van der Waals surface area contributed by atoms with Gasteiger partial charge in [-0.2, -0.15) is 0 Å². The highest BCUT2D eigenvalue weighted by Gasteiger charge is 2.08. The number of fused-ring (bicyclic) bond motifs is 1. The second kappa shape index (κ2) is 5.44. The van der Waals surface area contributed by atoms with E-state index < -0.39 is 0 Å². The molecule has 0 bridgehead atoms. The van der Waals surface area contributed by atoms with E-state index in [4.69, 9.17) is 10.5 Å². The summed E-state index contributed by atoms with van der Waals surface area (Å²) in [6.45, 7) is 4.07. The van der Waals surface area contributed by atoms with Crippen LogP contribution in [0.1, 0.15) is 18.2 Å². The van der Waals surface area contributed by atoms with Crippen LogP contribution in [0.3, 0.4) is 0 Å². The van der Waals surface area contributed by atoms with Gasteiger partial charge in [-0.1, -0.05) is 25.1 Å². The van der Waals surface area contributed by atoms with Gasteiger partial charge in [0.2, 0.25) is 0 Å². The van der Waals surface area contributed by atoms with Crippen LogP contribution in [-0.2, 0) is 6.42 Å². The van der Waals surface area contributed by atoms with Crippen molar-refractivity contribution in [1.29, 1.82) is 0 Å². The van der Waals surface area contributed by atoms with E-state index in [0.717, 1.165) is 28.8 Å². The van der Waals surface area contributed by atoms with Crippen LogP contribution in [0.25, 0.3) is 10.9 Å². The number of para-hydroxylation sites is 1. The van der Waals surface area contributed by atoms with Crippen LogP contribution in [0, 0.1) is 6.92 Å². The summed E-state index contributed by atoms with van der Waals surface area (Å²) < 4.78 is 6.04. The molecule has 106 valence electrons. The van der Waals surface area contributed by atoms with E-state index in [1.807, 2.05) is 55.5 Å². The topological polar surface area (TPSA) is 48.1 Å². The van der Waals surface area contributed by atoms with Crippen LogP contribution >= 0.6 is 0 Å². The third-order valence-electron chi connectivity index (χ3n) is 3.51. The number of benzene rings is 2. The summed E-state index contributed by atoms with van der Waals surface area (Å²) >= 11 is 0. The Kier molecular flexibility index (Phi) is 3.48. The van der Waals surface area contributed by atoms with Crippen LogP contribution in [0.5, 0.6) is 11.5 Å². The predicted octanol–water partition coefficient (Wildman–Crippen LogP) is 4.48. The summed E-state index contributed by atoms with van der Waals surface area (Å²) in [5.74, 6) is 1.47. The highest BCUT2D eigenvalue weighted by Crippen LogP contribution is 2.33. The zero-order chi connectivity index (χ0) is 14.8. The molecule has 3 aromatic rings. The lowest BCUT2D eigenvalue weighted by Gasteiger charge is -2.12. The lowest BCUT2D eigenvalue weighted by molar-refractivity contribution is 0.489. The van der Waals surface area contributed by atoms with Crippen molar-refractivity contribution >= 4 is 16.6 Å². The van der Waals surface area contributed by atoms with Crippen LogP contribution in [0.15, 0.2) is 48.5 Å². The molecule has 0 saturated heterocycles. The second-order valence-corrected chi connectivity index (χ2v) is 5.11. The molecule has 1 aromatic heterocycles. The first-order valence-electron chi connectivity index (χ1n) is 7.10. The highest BCUT2D eigenvalue weighted by molar-refractivity contribution is 5.85. The average molecular weight is 278 g/mol. The third-order valence-corrected chi connectivity index (χ3v) is 3.51. The van der Waals surface area contributed by atoms with Gasteiger partial charge < -0.3 is 10.5 Å². The molecular weight excluding hydrogens is 260 g/mol. The first-order chi connectivity index (χ1) is 10.2. The molecule has 2 aromatic carbocycles. The monoisotopic (exact) mass is 278 g/mol. The fraction of sp³-hybridized carbons (Fsp3) is 0.167. The molecule has 3 nitrogen and oxygen atoms in total. The fourth-order valence-electron chi connectivity index (χ4n) is 2.38. The van der Waals surface area contributed by atoms with Gasteiger partial charge >= 0.3 is 0 Å². The Morgan fingerprint density at radius 3 is 2.62 bits per heavy atom. The van der Waals surface area contributed by atoms with Gasteiger partial charge in [-0.3, -0.25) is 4.98 Å². The Morgan fingerprint density at radius 1 is 1.05 bits per heavy atom. The average Bonchev–Trinajstić information content (AvgIpc) is 2.49. The molecule has 1 heterocycles. The van der Waals surface area contributed by atoms with Crippen LogP contribution in [0.2, 0.25) is 0 Å². The minimum absolute atomic E-state index is 0.660. The Balaban J connectivity index is 2.05. The number of aryl methyl sites for hydroxylation is 2. The van der Waals surface area contributed by atoms with Crippen molar-refractivity contribution in [2.24, 2.45) is 0 Å². The van der Waals surface area contributed by atoms with E-state index in [1.165, 1.54) is 5.56 Å². The maximum Gasteiger partial charge on any atom is 0.150 e. The predicted molar refractivity (Wildman–Crippen MR) is 86.8 cm³/mol. The summed E-state index contributed by atoms with van der Waals surface area (Å²) in [7, 11) is 0. The van der Waals surface area contributed by atoms with Crippen LogP contribution in [0.4, 0.5) is 5.69 Å². The van der Waals surface area contributed by atoms with E-state index in [-0.39, 0.29) is 0 Å². The summed E-state index contributed by atoms with van der Waals surface area (Å²) in [5, 5.41) is 0.988. The summed E-state index contributed by atoms with van der Waals surface area (Å²) in [6, 6.07) is 15.8. The Bertz CT molecular complexity index is 796. The molecule has 0 radical (unpaired) electrons. The van der Waals surface area contributed by atoms with Crippen molar-refractivity contribution in [2.45, 2.75) is 20.3 Å². The summed E-state index contributed by atoms with van der Waals surface area (Å²) in [4.78, 5) is 4.52. The number of hydrogen-bond acceptors (Lipinski definition) is 3. The number of ether oxygens (including phenoxy) is 1. The van der Waals surface area contributed by atoms with Gasteiger partial charge in [-0.15, -0.1) is 0 Å². The van der Waals surface area contributed by atoms with E-state index in [2.05, 4.69) is 11.9 Å². The Hall–Kier alpha value is -2.55. The maximum absolute atomic E-state index is 6.09. The van der Waals surface area contributed by atoms with Gasteiger partial charge in [0, 0.05) is 17.1 Å². The van der Waals surface area contributed by atoms with Gasteiger partial charge in [0.1, 0.15) is 11.5 Å². The summed E-state index contributed by atoms with van der Waals surface area (Å²) in [6.07, 6.45) is 0.960. The van der Waals surface area contributed by atoms with Crippen molar-refractivity contribution < 1.29 is 4.74 Å². The zero-order valence-electron chi connectivity index (χ0n) is 12.3. The Labute approximate surface area is 124 Å². The van der Waals surface area contributed by atoms with Gasteiger partial charge in [0.15, 0.2) is 0 Å². The fourth-order valence-corrected chi connectivity index (χ4v) is 2.38. The number of anilines is 1. The molecule has 0 unspecified atom stereocenters. The van der Waals surface area contributed by atoms with E-state index in [1.54, 1.807) is 0 Å². The van der Waals surface area contributed by atoms with Crippen LogP contribution < -0.4 is 10.5 Å². The maximum atomic E-state index is 6.09. The van der Waals surface area contributed by atoms with E-state index in [0.29, 0.717) is 11.4 Å².